The van der Waals surface area contributed by atoms with E-state index in [1.165, 1.54) is 0 Å². The van der Waals surface area contributed by atoms with Crippen molar-refractivity contribution in [1.82, 2.24) is 0 Å². The van der Waals surface area contributed by atoms with Gasteiger partial charge in [0.2, 0.25) is 0 Å². The van der Waals surface area contributed by atoms with Crippen molar-refractivity contribution >= 4 is 12.4 Å². The first-order valence-electron chi connectivity index (χ1n) is 1.26. The van der Waals surface area contributed by atoms with E-state index in [4.69, 9.17) is 37.3 Å². The SMILES string of the molecule is Cl.[O-][Cl+3]([O-])([O-])O.[O-][Cl+3]([O-])([O-])O. The summed E-state index contributed by atoms with van der Waals surface area (Å²) in [4.78, 5) is 0. The van der Waals surface area contributed by atoms with Gasteiger partial charge in [-0.3, -0.25) is 0 Å². The molecule has 11 heavy (non-hydrogen) atoms. The highest BCUT2D eigenvalue weighted by molar-refractivity contribution is 5.85. The van der Waals surface area contributed by atoms with Gasteiger partial charge in [-0.2, -0.15) is 28.0 Å². The monoisotopic (exact) mass is 236 g/mol. The Morgan fingerprint density at radius 2 is 0.636 bits per heavy atom. The molecule has 0 aromatic heterocycles. The summed E-state index contributed by atoms with van der Waals surface area (Å²) < 4.78 is 65.4. The van der Waals surface area contributed by atoms with Crippen LogP contribution in [0.2, 0.25) is 0 Å². The molecule has 2 N–H and O–H groups in total. The second kappa shape index (κ2) is 6.11. The van der Waals surface area contributed by atoms with E-state index < -0.39 is 20.5 Å². The van der Waals surface area contributed by atoms with Crippen molar-refractivity contribution in [2.75, 3.05) is 0 Å². The molecule has 0 rings (SSSR count). The molecule has 0 fully saturated rings. The maximum absolute atomic E-state index is 8.60. The Labute approximate surface area is 70.8 Å². The third kappa shape index (κ3) is 2550. The second-order valence-electron chi connectivity index (χ2n) is 0.792. The Balaban J connectivity index is -0.000000107. The van der Waals surface area contributed by atoms with Gasteiger partial charge < -0.3 is 0 Å². The fraction of sp³-hybridized carbons (Fsp3) is 0. The standard InChI is InChI=1S/2ClHO4.ClH/c2*2-1(3,4)5;/h2*(H,2,3,4,5);1H. The van der Waals surface area contributed by atoms with E-state index in [2.05, 4.69) is 0 Å². The van der Waals surface area contributed by atoms with E-state index in [1.807, 2.05) is 0 Å². The van der Waals surface area contributed by atoms with Gasteiger partial charge >= 0.3 is 0 Å². The Morgan fingerprint density at radius 3 is 0.636 bits per heavy atom. The third-order valence-electron chi connectivity index (χ3n) is 0. The lowest BCUT2D eigenvalue weighted by Gasteiger charge is -2.03. The van der Waals surface area contributed by atoms with Gasteiger partial charge in [0.1, 0.15) is 0 Å². The molecule has 0 spiro atoms. The van der Waals surface area contributed by atoms with Crippen LogP contribution in [0.3, 0.4) is 0 Å². The Bertz CT molecular complexity index is 52.3. The van der Waals surface area contributed by atoms with Crippen molar-refractivity contribution < 1.29 is 57.8 Å². The molecular weight excluding hydrogens is 234 g/mol. The Morgan fingerprint density at radius 1 is 0.636 bits per heavy atom. The molecule has 0 bridgehead atoms. The Hall–Kier alpha value is 0.550. The zero-order valence-corrected chi connectivity index (χ0v) is 6.84. The van der Waals surface area contributed by atoms with Gasteiger partial charge in [-0.1, -0.05) is 0 Å². The highest BCUT2D eigenvalue weighted by atomic mass is 35.7. The number of halogens is 3. The molecule has 0 saturated carbocycles. The van der Waals surface area contributed by atoms with E-state index in [0.717, 1.165) is 0 Å². The van der Waals surface area contributed by atoms with Crippen LogP contribution >= 0.6 is 12.4 Å². The topological polar surface area (TPSA) is 179 Å². The van der Waals surface area contributed by atoms with Crippen LogP contribution in [0.25, 0.3) is 0 Å². The van der Waals surface area contributed by atoms with Crippen LogP contribution in [0.15, 0.2) is 0 Å². The molecule has 0 aliphatic heterocycles. The number of rotatable bonds is 0. The van der Waals surface area contributed by atoms with Gasteiger partial charge in [-0.15, -0.1) is 12.4 Å². The Kier molecular flexibility index (Phi) is 9.77. The van der Waals surface area contributed by atoms with Crippen molar-refractivity contribution in [2.24, 2.45) is 0 Å². The van der Waals surface area contributed by atoms with Crippen LogP contribution in [-0.4, -0.2) is 9.32 Å². The average Bonchev–Trinajstić information content (AvgIpc) is 1.12. The van der Waals surface area contributed by atoms with E-state index >= 15 is 0 Å². The van der Waals surface area contributed by atoms with Crippen molar-refractivity contribution in [2.45, 2.75) is 0 Å². The highest BCUT2D eigenvalue weighted by Crippen LogP contribution is 1.61. The molecule has 0 atom stereocenters. The van der Waals surface area contributed by atoms with Crippen molar-refractivity contribution in [3.05, 3.63) is 0 Å². The van der Waals surface area contributed by atoms with Crippen LogP contribution in [0, 0.1) is 20.5 Å². The van der Waals surface area contributed by atoms with Crippen molar-refractivity contribution in [1.29, 1.82) is 0 Å². The second-order valence-corrected chi connectivity index (χ2v) is 2.38. The summed E-state index contributed by atoms with van der Waals surface area (Å²) in [6, 6.07) is 0. The van der Waals surface area contributed by atoms with Crippen LogP contribution in [0.4, 0.5) is 0 Å². The summed E-state index contributed by atoms with van der Waals surface area (Å²) in [5, 5.41) is 0. The van der Waals surface area contributed by atoms with Crippen molar-refractivity contribution in [3.63, 3.8) is 0 Å². The number of hydrogen-bond donors (Lipinski definition) is 2. The van der Waals surface area contributed by atoms with E-state index in [-0.39, 0.29) is 12.4 Å². The first-order chi connectivity index (χ1) is 4.00. The minimum Gasteiger partial charge on any atom is -0.183 e. The summed E-state index contributed by atoms with van der Waals surface area (Å²) in [5.41, 5.74) is 0. The van der Waals surface area contributed by atoms with Gasteiger partial charge in [0.25, 0.3) is 0 Å². The van der Waals surface area contributed by atoms with E-state index in [9.17, 15) is 0 Å². The fourth-order valence-electron chi connectivity index (χ4n) is 0. The van der Waals surface area contributed by atoms with Crippen LogP contribution < -0.4 is 28.0 Å². The minimum absolute atomic E-state index is 0. The molecular formula is H3Cl3O8. The summed E-state index contributed by atoms with van der Waals surface area (Å²) in [7, 11) is -9.39. The smallest absolute Gasteiger partial charge is 0.0777 e. The van der Waals surface area contributed by atoms with Gasteiger partial charge in [-0.25, -0.2) is 0 Å². The lowest BCUT2D eigenvalue weighted by Crippen LogP contribution is -2.58. The predicted octanol–water partition coefficient (Wildman–Crippen LogP) is -7.83. The lowest BCUT2D eigenvalue weighted by molar-refractivity contribution is -1.92. The van der Waals surface area contributed by atoms with Gasteiger partial charge in [-0.05, 0) is 0 Å². The normalized spacial score (nSPS) is 10.9. The molecule has 0 aliphatic carbocycles. The minimum atomic E-state index is -4.69. The van der Waals surface area contributed by atoms with E-state index in [0.29, 0.717) is 0 Å². The fourth-order valence-corrected chi connectivity index (χ4v) is 0. The highest BCUT2D eigenvalue weighted by Gasteiger charge is 1.99. The largest absolute Gasteiger partial charge is 0.183 e. The molecule has 11 heteroatoms. The molecule has 0 aliphatic rings. The molecule has 0 radical (unpaired) electrons. The number of hydrogen-bond acceptors (Lipinski definition) is 8. The summed E-state index contributed by atoms with van der Waals surface area (Å²) in [5.74, 6) is 0. The van der Waals surface area contributed by atoms with Gasteiger partial charge in [0, 0.05) is 0 Å². The van der Waals surface area contributed by atoms with Gasteiger partial charge in [0.05, 0.1) is 29.8 Å². The van der Waals surface area contributed by atoms with Crippen LogP contribution in [0.5, 0.6) is 0 Å². The zero-order chi connectivity index (χ0) is 9.00. The molecule has 0 heterocycles. The lowest BCUT2D eigenvalue weighted by atomic mass is 15.8. The molecule has 72 valence electrons. The maximum Gasteiger partial charge on any atom is 0.0777 e. The maximum atomic E-state index is 8.60. The third-order valence-corrected chi connectivity index (χ3v) is 0. The molecule has 8 nitrogen and oxygen atoms in total. The molecule has 0 aromatic rings. The van der Waals surface area contributed by atoms with E-state index in [1.54, 1.807) is 0 Å². The summed E-state index contributed by atoms with van der Waals surface area (Å²) in [6.07, 6.45) is 0. The predicted molar refractivity (Wildman–Crippen MR) is 11.7 cm³/mol. The first-order valence-corrected chi connectivity index (χ1v) is 3.79. The molecule has 0 saturated heterocycles. The molecule has 0 unspecified atom stereocenters. The average molecular weight is 237 g/mol. The van der Waals surface area contributed by atoms with Crippen LogP contribution in [-0.2, 0) is 0 Å². The molecule has 0 amide bonds. The quantitative estimate of drug-likeness (QED) is 0.416. The summed E-state index contributed by atoms with van der Waals surface area (Å²) >= 11 is 0. The van der Waals surface area contributed by atoms with Gasteiger partial charge in [0.15, 0.2) is 0 Å². The van der Waals surface area contributed by atoms with Crippen molar-refractivity contribution in [3.8, 4) is 0 Å². The van der Waals surface area contributed by atoms with Crippen LogP contribution in [0.1, 0.15) is 0 Å². The molecule has 0 aromatic carbocycles. The first kappa shape index (κ1) is 17.6. The zero-order valence-electron chi connectivity index (χ0n) is 4.51. The summed E-state index contributed by atoms with van der Waals surface area (Å²) in [6.45, 7) is 0.